The van der Waals surface area contributed by atoms with E-state index < -0.39 is 0 Å². The van der Waals surface area contributed by atoms with E-state index in [0.717, 1.165) is 10.8 Å². The third-order valence-corrected chi connectivity index (χ3v) is 2.73. The van der Waals surface area contributed by atoms with Crippen LogP contribution in [0.15, 0.2) is 30.3 Å². The van der Waals surface area contributed by atoms with Gasteiger partial charge in [-0.15, -0.1) is 5.92 Å². The summed E-state index contributed by atoms with van der Waals surface area (Å²) >= 11 is 6.05. The van der Waals surface area contributed by atoms with Crippen molar-refractivity contribution in [3.8, 4) is 11.8 Å². The van der Waals surface area contributed by atoms with Gasteiger partial charge >= 0.3 is 0 Å². The van der Waals surface area contributed by atoms with Gasteiger partial charge < -0.3 is 5.32 Å². The maximum absolute atomic E-state index is 11.8. The normalized spacial score (nSPS) is 9.67. The molecule has 0 saturated carbocycles. The van der Waals surface area contributed by atoms with Gasteiger partial charge in [-0.2, -0.15) is 0 Å². The van der Waals surface area contributed by atoms with Crippen LogP contribution < -0.4 is 5.32 Å². The van der Waals surface area contributed by atoms with Crippen molar-refractivity contribution in [2.75, 3.05) is 6.54 Å². The molecule has 0 aliphatic carbocycles. The minimum absolute atomic E-state index is 0.273. The highest BCUT2D eigenvalue weighted by molar-refractivity contribution is 6.34. The fourth-order valence-electron chi connectivity index (χ4n) is 1.58. The number of benzene rings is 1. The second kappa shape index (κ2) is 5.52. The molecule has 0 atom stereocenters. The van der Waals surface area contributed by atoms with E-state index in [0.29, 0.717) is 17.4 Å². The Morgan fingerprint density at radius 1 is 1.44 bits per heavy atom. The number of nitrogens with one attached hydrogen (secondary N) is 1. The predicted octanol–water partition coefficient (Wildman–Crippen LogP) is 2.64. The van der Waals surface area contributed by atoms with E-state index in [-0.39, 0.29) is 5.91 Å². The molecule has 1 N–H and O–H groups in total. The van der Waals surface area contributed by atoms with E-state index in [4.69, 9.17) is 11.6 Å². The second-order valence-electron chi connectivity index (χ2n) is 3.63. The molecule has 90 valence electrons. The first-order valence-electron chi connectivity index (χ1n) is 5.45. The van der Waals surface area contributed by atoms with Crippen molar-refractivity contribution in [3.05, 3.63) is 41.2 Å². The molecule has 0 bridgehead atoms. The molecule has 0 saturated heterocycles. The Bertz CT molecular complexity index is 656. The van der Waals surface area contributed by atoms with Crippen molar-refractivity contribution in [3.63, 3.8) is 0 Å². The molecule has 0 radical (unpaired) electrons. The molecule has 0 unspecified atom stereocenters. The Hall–Kier alpha value is -2.05. The third kappa shape index (κ3) is 2.61. The number of fused-ring (bicyclic) bond motifs is 1. The average Bonchev–Trinajstić information content (AvgIpc) is 2.39. The summed E-state index contributed by atoms with van der Waals surface area (Å²) in [5.41, 5.74) is 0.302. The molecule has 1 aromatic carbocycles. The van der Waals surface area contributed by atoms with E-state index in [9.17, 15) is 4.79 Å². The fourth-order valence-corrected chi connectivity index (χ4v) is 1.84. The number of pyridine rings is 1. The monoisotopic (exact) mass is 258 g/mol. The third-order valence-electron chi connectivity index (χ3n) is 2.44. The highest BCUT2D eigenvalue weighted by Crippen LogP contribution is 2.22. The van der Waals surface area contributed by atoms with Crippen molar-refractivity contribution in [2.24, 2.45) is 0 Å². The summed E-state index contributed by atoms with van der Waals surface area (Å²) in [6.07, 6.45) is 0. The maximum atomic E-state index is 11.8. The number of aromatic nitrogens is 1. The topological polar surface area (TPSA) is 42.0 Å². The number of nitrogens with zero attached hydrogens (tertiary/aromatic N) is 1. The van der Waals surface area contributed by atoms with Crippen molar-refractivity contribution in [1.82, 2.24) is 10.3 Å². The summed E-state index contributed by atoms with van der Waals surface area (Å²) in [7, 11) is 0. The molecule has 0 aliphatic heterocycles. The molecule has 3 nitrogen and oxygen atoms in total. The fraction of sp³-hybridized carbons (Fsp3) is 0.143. The molecule has 1 aromatic heterocycles. The van der Waals surface area contributed by atoms with Crippen molar-refractivity contribution in [1.29, 1.82) is 0 Å². The highest BCUT2D eigenvalue weighted by Gasteiger charge is 2.09. The minimum Gasteiger partial charge on any atom is -0.340 e. The first-order chi connectivity index (χ1) is 8.72. The summed E-state index contributed by atoms with van der Waals surface area (Å²) in [6, 6.07) is 9.26. The zero-order valence-corrected chi connectivity index (χ0v) is 10.6. The van der Waals surface area contributed by atoms with Gasteiger partial charge in [0.1, 0.15) is 10.8 Å². The van der Waals surface area contributed by atoms with E-state index in [1.165, 1.54) is 0 Å². The summed E-state index contributed by atoms with van der Waals surface area (Å²) < 4.78 is 0. The summed E-state index contributed by atoms with van der Waals surface area (Å²) in [5.74, 6) is 5.19. The Morgan fingerprint density at radius 2 is 2.22 bits per heavy atom. The summed E-state index contributed by atoms with van der Waals surface area (Å²) in [5, 5.41) is 4.72. The molecule has 0 spiro atoms. The minimum atomic E-state index is -0.273. The lowest BCUT2D eigenvalue weighted by molar-refractivity contribution is 0.0954. The van der Waals surface area contributed by atoms with Crippen molar-refractivity contribution >= 4 is 28.3 Å². The van der Waals surface area contributed by atoms with Crippen LogP contribution in [-0.4, -0.2) is 17.4 Å². The van der Waals surface area contributed by atoms with Gasteiger partial charge in [0.25, 0.3) is 5.91 Å². The van der Waals surface area contributed by atoms with E-state index in [1.807, 2.05) is 24.3 Å². The van der Waals surface area contributed by atoms with E-state index >= 15 is 0 Å². The van der Waals surface area contributed by atoms with Gasteiger partial charge in [0, 0.05) is 5.39 Å². The molecule has 4 heteroatoms. The zero-order chi connectivity index (χ0) is 13.0. The number of amides is 1. The molecule has 1 amide bonds. The van der Waals surface area contributed by atoms with Gasteiger partial charge in [0.2, 0.25) is 0 Å². The summed E-state index contributed by atoms with van der Waals surface area (Å²) in [4.78, 5) is 15.9. The Labute approximate surface area is 110 Å². The predicted molar refractivity (Wildman–Crippen MR) is 72.5 cm³/mol. The standard InChI is InChI=1S/C14H11ClN2O/c1-2-3-8-16-14(18)12-9-10-6-4-5-7-11(10)13(15)17-12/h4-7,9H,8H2,1H3,(H,16,18). The smallest absolute Gasteiger partial charge is 0.270 e. The van der Waals surface area contributed by atoms with Crippen LogP contribution in [-0.2, 0) is 0 Å². The molecule has 1 heterocycles. The number of halogens is 1. The van der Waals surface area contributed by atoms with Crippen LogP contribution in [0.5, 0.6) is 0 Å². The average molecular weight is 259 g/mol. The van der Waals surface area contributed by atoms with Gasteiger partial charge in [0.05, 0.1) is 6.54 Å². The number of hydrogen-bond donors (Lipinski definition) is 1. The first-order valence-corrected chi connectivity index (χ1v) is 5.83. The first kappa shape index (κ1) is 12.4. The van der Waals surface area contributed by atoms with Gasteiger partial charge in [0.15, 0.2) is 0 Å². The van der Waals surface area contributed by atoms with Crippen LogP contribution in [0.25, 0.3) is 10.8 Å². The molecule has 0 fully saturated rings. The maximum Gasteiger partial charge on any atom is 0.270 e. The van der Waals surface area contributed by atoms with Gasteiger partial charge in [-0.25, -0.2) is 4.98 Å². The van der Waals surface area contributed by atoms with Crippen LogP contribution in [0.4, 0.5) is 0 Å². The molecule has 18 heavy (non-hydrogen) atoms. The SMILES string of the molecule is CC#CCNC(=O)c1cc2ccccc2c(Cl)n1. The number of hydrogen-bond acceptors (Lipinski definition) is 2. The Balaban J connectivity index is 2.33. The number of carbonyl (C=O) groups is 1. The van der Waals surface area contributed by atoms with Crippen LogP contribution >= 0.6 is 11.6 Å². The zero-order valence-electron chi connectivity index (χ0n) is 9.83. The second-order valence-corrected chi connectivity index (χ2v) is 3.99. The van der Waals surface area contributed by atoms with Gasteiger partial charge in [-0.1, -0.05) is 41.8 Å². The van der Waals surface area contributed by atoms with Gasteiger partial charge in [-0.3, -0.25) is 4.79 Å². The molecule has 0 aliphatic rings. The van der Waals surface area contributed by atoms with E-state index in [2.05, 4.69) is 22.1 Å². The summed E-state index contributed by atoms with van der Waals surface area (Å²) in [6.45, 7) is 2.03. The Morgan fingerprint density at radius 3 is 3.00 bits per heavy atom. The lowest BCUT2D eigenvalue weighted by atomic mass is 10.1. The lowest BCUT2D eigenvalue weighted by Crippen LogP contribution is -2.24. The van der Waals surface area contributed by atoms with Crippen LogP contribution in [0.1, 0.15) is 17.4 Å². The molecule has 2 rings (SSSR count). The number of carbonyl (C=O) groups excluding carboxylic acids is 1. The lowest BCUT2D eigenvalue weighted by Gasteiger charge is -2.04. The van der Waals surface area contributed by atoms with Crippen LogP contribution in [0, 0.1) is 11.8 Å². The van der Waals surface area contributed by atoms with Gasteiger partial charge in [-0.05, 0) is 18.4 Å². The molecular weight excluding hydrogens is 248 g/mol. The molecular formula is C14H11ClN2O. The largest absolute Gasteiger partial charge is 0.340 e. The highest BCUT2D eigenvalue weighted by atomic mass is 35.5. The number of rotatable bonds is 2. The van der Waals surface area contributed by atoms with E-state index in [1.54, 1.807) is 13.0 Å². The van der Waals surface area contributed by atoms with Crippen LogP contribution in [0.2, 0.25) is 5.15 Å². The van der Waals surface area contributed by atoms with Crippen molar-refractivity contribution < 1.29 is 4.79 Å². The quantitative estimate of drug-likeness (QED) is 0.665. The van der Waals surface area contributed by atoms with Crippen LogP contribution in [0.3, 0.4) is 0 Å². The Kier molecular flexibility index (Phi) is 3.81. The molecule has 2 aromatic rings. The van der Waals surface area contributed by atoms with Crippen molar-refractivity contribution in [2.45, 2.75) is 6.92 Å².